The second-order valence-corrected chi connectivity index (χ2v) is 6.49. The number of benzene rings is 1. The summed E-state index contributed by atoms with van der Waals surface area (Å²) < 4.78 is 10.6. The van der Waals surface area contributed by atoms with Gasteiger partial charge in [-0.25, -0.2) is 4.79 Å². The summed E-state index contributed by atoms with van der Waals surface area (Å²) in [5.74, 6) is -0.163. The Bertz CT molecular complexity index is 531. The summed E-state index contributed by atoms with van der Waals surface area (Å²) in [6.07, 6.45) is 0.380. The van der Waals surface area contributed by atoms with Gasteiger partial charge in [-0.1, -0.05) is 13.8 Å². The number of rotatable bonds is 7. The molecule has 0 aliphatic carbocycles. The number of nitrogens with one attached hydrogen (secondary N) is 1. The first-order valence-corrected chi connectivity index (χ1v) is 7.84. The fourth-order valence-electron chi connectivity index (χ4n) is 2.13. The standard InChI is InChI=1S/C18H27NO4/c1-7-15(20)12(2)16(17(21)23-18(3,4)5)19-13-8-10-14(22-6)11-9-13/h8-12,16,19H,7H2,1-6H3/t12-,16-/m0/s1. The highest BCUT2D eigenvalue weighted by Gasteiger charge is 2.33. The van der Waals surface area contributed by atoms with Crippen LogP contribution < -0.4 is 10.1 Å². The van der Waals surface area contributed by atoms with Crippen LogP contribution in [0.2, 0.25) is 0 Å². The van der Waals surface area contributed by atoms with Crippen LogP contribution in [0.1, 0.15) is 41.0 Å². The Morgan fingerprint density at radius 1 is 1.17 bits per heavy atom. The number of carbonyl (C=O) groups excluding carboxylic acids is 2. The number of ketones is 1. The summed E-state index contributed by atoms with van der Waals surface area (Å²) in [6.45, 7) is 8.96. The maximum Gasteiger partial charge on any atom is 0.329 e. The Morgan fingerprint density at radius 3 is 2.17 bits per heavy atom. The molecule has 5 heteroatoms. The van der Waals surface area contributed by atoms with Crippen molar-refractivity contribution >= 4 is 17.4 Å². The molecule has 1 aromatic rings. The minimum Gasteiger partial charge on any atom is -0.497 e. The Hall–Kier alpha value is -2.04. The molecule has 0 spiro atoms. The lowest BCUT2D eigenvalue weighted by atomic mass is 9.95. The number of hydrogen-bond donors (Lipinski definition) is 1. The van der Waals surface area contributed by atoms with Crippen molar-refractivity contribution < 1.29 is 19.1 Å². The maximum atomic E-state index is 12.5. The molecule has 0 unspecified atom stereocenters. The van der Waals surface area contributed by atoms with Gasteiger partial charge in [0.2, 0.25) is 0 Å². The zero-order valence-electron chi connectivity index (χ0n) is 14.8. The molecule has 0 radical (unpaired) electrons. The highest BCUT2D eigenvalue weighted by atomic mass is 16.6. The average molecular weight is 321 g/mol. The van der Waals surface area contributed by atoms with Gasteiger partial charge < -0.3 is 14.8 Å². The van der Waals surface area contributed by atoms with Crippen LogP contribution in [0.15, 0.2) is 24.3 Å². The van der Waals surface area contributed by atoms with Crippen molar-refractivity contribution in [1.29, 1.82) is 0 Å². The third kappa shape index (κ3) is 5.93. The van der Waals surface area contributed by atoms with Crippen LogP contribution in [0.3, 0.4) is 0 Å². The number of Topliss-reactive ketones (excluding diaryl/α,β-unsaturated/α-hetero) is 1. The number of anilines is 1. The quantitative estimate of drug-likeness (QED) is 0.779. The minimum absolute atomic E-state index is 0.0156. The molecule has 0 heterocycles. The fourth-order valence-corrected chi connectivity index (χ4v) is 2.13. The summed E-state index contributed by atoms with van der Waals surface area (Å²) in [4.78, 5) is 24.5. The molecule has 0 bridgehead atoms. The largest absolute Gasteiger partial charge is 0.497 e. The molecule has 0 amide bonds. The van der Waals surface area contributed by atoms with Gasteiger partial charge in [0.25, 0.3) is 0 Å². The van der Waals surface area contributed by atoms with Gasteiger partial charge in [0.1, 0.15) is 23.2 Å². The number of ether oxygens (including phenoxy) is 2. The molecular weight excluding hydrogens is 294 g/mol. The van der Waals surface area contributed by atoms with Crippen molar-refractivity contribution in [2.45, 2.75) is 52.7 Å². The monoisotopic (exact) mass is 321 g/mol. The van der Waals surface area contributed by atoms with E-state index in [-0.39, 0.29) is 5.78 Å². The van der Waals surface area contributed by atoms with Crippen LogP contribution in [0.5, 0.6) is 5.75 Å². The number of carbonyl (C=O) groups is 2. The molecule has 1 N–H and O–H groups in total. The fraction of sp³-hybridized carbons (Fsp3) is 0.556. The van der Waals surface area contributed by atoms with Gasteiger partial charge in [-0.2, -0.15) is 0 Å². The van der Waals surface area contributed by atoms with Crippen LogP contribution in [0.4, 0.5) is 5.69 Å². The van der Waals surface area contributed by atoms with Gasteiger partial charge >= 0.3 is 5.97 Å². The van der Waals surface area contributed by atoms with E-state index in [4.69, 9.17) is 9.47 Å². The maximum absolute atomic E-state index is 12.5. The van der Waals surface area contributed by atoms with E-state index >= 15 is 0 Å². The topological polar surface area (TPSA) is 64.6 Å². The van der Waals surface area contributed by atoms with Crippen LogP contribution in [0.25, 0.3) is 0 Å². The first-order chi connectivity index (χ1) is 10.7. The summed E-state index contributed by atoms with van der Waals surface area (Å²) in [6, 6.07) is 6.47. The Balaban J connectivity index is 2.97. The lowest BCUT2D eigenvalue weighted by Crippen LogP contribution is -2.43. The molecule has 0 fully saturated rings. The van der Waals surface area contributed by atoms with Crippen LogP contribution in [-0.2, 0) is 14.3 Å². The number of esters is 1. The van der Waals surface area contributed by atoms with Crippen LogP contribution in [0, 0.1) is 5.92 Å². The molecule has 5 nitrogen and oxygen atoms in total. The molecule has 2 atom stereocenters. The predicted octanol–water partition coefficient (Wildman–Crippen LogP) is 3.43. The molecule has 0 saturated carbocycles. The van der Waals surface area contributed by atoms with E-state index in [1.807, 2.05) is 20.8 Å². The van der Waals surface area contributed by atoms with E-state index in [1.54, 1.807) is 45.2 Å². The minimum atomic E-state index is -0.727. The van der Waals surface area contributed by atoms with Gasteiger partial charge in [0.05, 0.1) is 7.11 Å². The number of methoxy groups -OCH3 is 1. The van der Waals surface area contributed by atoms with Gasteiger partial charge in [-0.05, 0) is 45.0 Å². The van der Waals surface area contributed by atoms with E-state index in [0.29, 0.717) is 6.42 Å². The van der Waals surface area contributed by atoms with Crippen molar-refractivity contribution in [1.82, 2.24) is 0 Å². The first kappa shape index (κ1) is 19.0. The van der Waals surface area contributed by atoms with Crippen molar-refractivity contribution in [3.05, 3.63) is 24.3 Å². The summed E-state index contributed by atoms with van der Waals surface area (Å²) in [7, 11) is 1.59. The van der Waals surface area contributed by atoms with Gasteiger partial charge in [-0.15, -0.1) is 0 Å². The average Bonchev–Trinajstić information content (AvgIpc) is 2.49. The lowest BCUT2D eigenvalue weighted by molar-refractivity contribution is -0.158. The molecule has 1 aromatic carbocycles. The normalized spacial score (nSPS) is 13.8. The highest BCUT2D eigenvalue weighted by molar-refractivity contribution is 5.90. The molecule has 0 aliphatic rings. The van der Waals surface area contributed by atoms with E-state index in [9.17, 15) is 9.59 Å². The predicted molar refractivity (Wildman–Crippen MR) is 90.7 cm³/mol. The summed E-state index contributed by atoms with van der Waals surface area (Å²) in [5, 5.41) is 3.12. The second-order valence-electron chi connectivity index (χ2n) is 6.49. The zero-order chi connectivity index (χ0) is 17.6. The summed E-state index contributed by atoms with van der Waals surface area (Å²) in [5.41, 5.74) is 0.128. The third-order valence-corrected chi connectivity index (χ3v) is 3.43. The molecular formula is C18H27NO4. The molecule has 0 aliphatic heterocycles. The van der Waals surface area contributed by atoms with E-state index in [0.717, 1.165) is 11.4 Å². The molecule has 128 valence electrons. The molecule has 23 heavy (non-hydrogen) atoms. The molecule has 1 rings (SSSR count). The van der Waals surface area contributed by atoms with Crippen LogP contribution in [-0.4, -0.2) is 30.5 Å². The van der Waals surface area contributed by atoms with Crippen LogP contribution >= 0.6 is 0 Å². The zero-order valence-corrected chi connectivity index (χ0v) is 14.8. The van der Waals surface area contributed by atoms with Crippen molar-refractivity contribution in [3.8, 4) is 5.75 Å². The SMILES string of the molecule is CCC(=O)[C@H](C)[C@H](Nc1ccc(OC)cc1)C(=O)OC(C)(C)C. The van der Waals surface area contributed by atoms with E-state index in [1.165, 1.54) is 0 Å². The van der Waals surface area contributed by atoms with Crippen molar-refractivity contribution in [3.63, 3.8) is 0 Å². The Morgan fingerprint density at radius 2 is 1.74 bits per heavy atom. The van der Waals surface area contributed by atoms with Gasteiger partial charge in [0.15, 0.2) is 0 Å². The second kappa shape index (κ2) is 7.99. The van der Waals surface area contributed by atoms with Gasteiger partial charge in [-0.3, -0.25) is 4.79 Å². The van der Waals surface area contributed by atoms with Crippen molar-refractivity contribution in [2.24, 2.45) is 5.92 Å². The molecule has 0 aromatic heterocycles. The molecule has 0 saturated heterocycles. The third-order valence-electron chi connectivity index (χ3n) is 3.43. The van der Waals surface area contributed by atoms with E-state index < -0.39 is 23.5 Å². The smallest absolute Gasteiger partial charge is 0.329 e. The Kier molecular flexibility index (Phi) is 6.61. The lowest BCUT2D eigenvalue weighted by Gasteiger charge is -2.28. The first-order valence-electron chi connectivity index (χ1n) is 7.84. The summed E-state index contributed by atoms with van der Waals surface area (Å²) >= 11 is 0. The van der Waals surface area contributed by atoms with E-state index in [2.05, 4.69) is 5.32 Å². The van der Waals surface area contributed by atoms with Gasteiger partial charge in [0, 0.05) is 18.0 Å². The van der Waals surface area contributed by atoms with Crippen molar-refractivity contribution in [2.75, 3.05) is 12.4 Å². The Labute approximate surface area is 138 Å². The number of hydrogen-bond acceptors (Lipinski definition) is 5. The highest BCUT2D eigenvalue weighted by Crippen LogP contribution is 2.21.